The number of carbonyl (C=O) groups is 2. The second kappa shape index (κ2) is 8.49. The Balaban J connectivity index is 1.51. The van der Waals surface area contributed by atoms with Crippen LogP contribution in [0.25, 0.3) is 17.0 Å². The molecule has 1 fully saturated rings. The molecule has 1 N–H and O–H groups in total. The van der Waals surface area contributed by atoms with Gasteiger partial charge in [-0.1, -0.05) is 48.0 Å². The predicted octanol–water partition coefficient (Wildman–Crippen LogP) is 5.35. The van der Waals surface area contributed by atoms with E-state index >= 15 is 0 Å². The van der Waals surface area contributed by atoms with Gasteiger partial charge in [0.15, 0.2) is 0 Å². The molecule has 1 aliphatic heterocycles. The maximum Gasteiger partial charge on any atom is 0.333 e. The molecule has 0 unspecified atom stereocenters. The van der Waals surface area contributed by atoms with E-state index in [1.54, 1.807) is 36.4 Å². The third-order valence-electron chi connectivity index (χ3n) is 5.54. The van der Waals surface area contributed by atoms with Crippen LogP contribution in [0.5, 0.6) is 0 Å². The Morgan fingerprint density at radius 3 is 2.59 bits per heavy atom. The molecule has 0 radical (unpaired) electrons. The zero-order valence-electron chi connectivity index (χ0n) is 17.6. The van der Waals surface area contributed by atoms with E-state index in [-0.39, 0.29) is 11.4 Å². The third-order valence-corrected chi connectivity index (χ3v) is 5.77. The molecule has 5 rings (SSSR count). The number of nitro benzene ring substituents is 1. The van der Waals surface area contributed by atoms with Gasteiger partial charge in [0.05, 0.1) is 10.6 Å². The van der Waals surface area contributed by atoms with Crippen molar-refractivity contribution < 1.29 is 14.5 Å². The quantitative estimate of drug-likeness (QED) is 0.183. The van der Waals surface area contributed by atoms with Gasteiger partial charge in [0, 0.05) is 46.4 Å². The van der Waals surface area contributed by atoms with Gasteiger partial charge in [-0.2, -0.15) is 0 Å². The number of non-ortho nitro benzene ring substituents is 1. The van der Waals surface area contributed by atoms with Gasteiger partial charge in [0.25, 0.3) is 11.6 Å². The standard InChI is InChI=1S/C25H17ClN4O4/c26-18-6-4-7-19(13-18)29-24(31)22(27-25(29)32)12-17-15-28(23-10-2-1-9-21(17)23)14-16-5-3-8-20(11-16)30(33)34/h1-13,15H,14H2,(H,27,32). The molecule has 9 heteroatoms. The number of nitrogens with zero attached hydrogens (tertiary/aromatic N) is 3. The molecule has 0 aliphatic carbocycles. The van der Waals surface area contributed by atoms with Gasteiger partial charge in [-0.15, -0.1) is 0 Å². The molecule has 34 heavy (non-hydrogen) atoms. The first kappa shape index (κ1) is 21.4. The number of nitro groups is 1. The molecule has 4 aromatic rings. The molecule has 0 spiro atoms. The van der Waals surface area contributed by atoms with Crippen LogP contribution in [0.3, 0.4) is 0 Å². The number of carbonyl (C=O) groups excluding carboxylic acids is 2. The molecular weight excluding hydrogens is 456 g/mol. The Kier molecular flexibility index (Phi) is 5.35. The van der Waals surface area contributed by atoms with Crippen LogP contribution in [0.1, 0.15) is 11.1 Å². The first-order valence-electron chi connectivity index (χ1n) is 10.3. The Bertz CT molecular complexity index is 1510. The summed E-state index contributed by atoms with van der Waals surface area (Å²) in [6.45, 7) is 0.403. The second-order valence-corrected chi connectivity index (χ2v) is 8.20. The van der Waals surface area contributed by atoms with Gasteiger partial charge in [-0.25, -0.2) is 9.69 Å². The van der Waals surface area contributed by atoms with Gasteiger partial charge in [0.1, 0.15) is 5.70 Å². The number of anilines is 1. The summed E-state index contributed by atoms with van der Waals surface area (Å²) in [4.78, 5) is 37.3. The van der Waals surface area contributed by atoms with Crippen LogP contribution < -0.4 is 10.2 Å². The van der Waals surface area contributed by atoms with E-state index in [9.17, 15) is 19.7 Å². The maximum absolute atomic E-state index is 13.0. The number of urea groups is 1. The average molecular weight is 473 g/mol. The maximum atomic E-state index is 13.0. The Hall–Kier alpha value is -4.43. The molecule has 1 aliphatic rings. The number of para-hydroxylation sites is 1. The largest absolute Gasteiger partial charge is 0.342 e. The molecule has 0 atom stereocenters. The lowest BCUT2D eigenvalue weighted by Gasteiger charge is -2.11. The van der Waals surface area contributed by atoms with E-state index in [1.165, 1.54) is 12.1 Å². The minimum Gasteiger partial charge on any atom is -0.342 e. The highest BCUT2D eigenvalue weighted by Crippen LogP contribution is 2.28. The normalized spacial score (nSPS) is 14.7. The van der Waals surface area contributed by atoms with Crippen molar-refractivity contribution in [2.45, 2.75) is 6.54 Å². The molecule has 8 nitrogen and oxygen atoms in total. The van der Waals surface area contributed by atoms with Gasteiger partial charge < -0.3 is 9.88 Å². The molecule has 1 aromatic heterocycles. The zero-order valence-corrected chi connectivity index (χ0v) is 18.4. The number of rotatable bonds is 5. The van der Waals surface area contributed by atoms with Crippen LogP contribution in [0.4, 0.5) is 16.2 Å². The van der Waals surface area contributed by atoms with Crippen molar-refractivity contribution in [3.05, 3.63) is 111 Å². The molecular formula is C25H17ClN4O4. The number of nitrogens with one attached hydrogen (secondary N) is 1. The topological polar surface area (TPSA) is 97.5 Å². The minimum atomic E-state index is -0.557. The van der Waals surface area contributed by atoms with E-state index in [2.05, 4.69) is 5.32 Å². The molecule has 0 bridgehead atoms. The molecule has 3 amide bonds. The van der Waals surface area contributed by atoms with Gasteiger partial charge in [-0.05, 0) is 35.9 Å². The Morgan fingerprint density at radius 1 is 1.00 bits per heavy atom. The van der Waals surface area contributed by atoms with Crippen LogP contribution in [0, 0.1) is 10.1 Å². The van der Waals surface area contributed by atoms with Gasteiger partial charge in [-0.3, -0.25) is 14.9 Å². The van der Waals surface area contributed by atoms with Crippen LogP contribution in [-0.4, -0.2) is 21.4 Å². The summed E-state index contributed by atoms with van der Waals surface area (Å²) in [6, 6.07) is 20.1. The van der Waals surface area contributed by atoms with Gasteiger partial charge >= 0.3 is 6.03 Å². The molecule has 0 saturated carbocycles. The van der Waals surface area contributed by atoms with Crippen molar-refractivity contribution in [2.75, 3.05) is 4.90 Å². The minimum absolute atomic E-state index is 0.0247. The third kappa shape index (κ3) is 3.91. The summed E-state index contributed by atoms with van der Waals surface area (Å²) in [6.07, 6.45) is 3.50. The van der Waals surface area contributed by atoms with Crippen molar-refractivity contribution in [2.24, 2.45) is 0 Å². The van der Waals surface area contributed by atoms with Crippen LogP contribution in [-0.2, 0) is 11.3 Å². The number of halogens is 1. The van der Waals surface area contributed by atoms with Crippen molar-refractivity contribution in [3.8, 4) is 0 Å². The van der Waals surface area contributed by atoms with Crippen molar-refractivity contribution >= 4 is 51.9 Å². The van der Waals surface area contributed by atoms with Crippen molar-refractivity contribution in [3.63, 3.8) is 0 Å². The first-order valence-corrected chi connectivity index (χ1v) is 10.7. The SMILES string of the molecule is O=C1NC(=Cc2cn(Cc3cccc([N+](=O)[O-])c3)c3ccccc23)C(=O)N1c1cccc(Cl)c1. The predicted molar refractivity (Wildman–Crippen MR) is 130 cm³/mol. The lowest BCUT2D eigenvalue weighted by atomic mass is 10.1. The number of hydrogen-bond acceptors (Lipinski definition) is 4. The summed E-state index contributed by atoms with van der Waals surface area (Å²) < 4.78 is 1.96. The van der Waals surface area contributed by atoms with E-state index < -0.39 is 16.9 Å². The summed E-state index contributed by atoms with van der Waals surface area (Å²) in [5.74, 6) is -0.484. The fraction of sp³-hybridized carbons (Fsp3) is 0.0400. The lowest BCUT2D eigenvalue weighted by molar-refractivity contribution is -0.384. The van der Waals surface area contributed by atoms with Gasteiger partial charge in [0.2, 0.25) is 0 Å². The number of aromatic nitrogens is 1. The highest BCUT2D eigenvalue weighted by atomic mass is 35.5. The fourth-order valence-electron chi connectivity index (χ4n) is 4.03. The molecule has 2 heterocycles. The summed E-state index contributed by atoms with van der Waals surface area (Å²) in [7, 11) is 0. The summed E-state index contributed by atoms with van der Waals surface area (Å²) >= 11 is 6.02. The highest BCUT2D eigenvalue weighted by Gasteiger charge is 2.35. The van der Waals surface area contributed by atoms with Crippen molar-refractivity contribution in [1.29, 1.82) is 0 Å². The summed E-state index contributed by atoms with van der Waals surface area (Å²) in [5.41, 5.74) is 2.94. The van der Waals surface area contributed by atoms with Crippen LogP contribution in [0.2, 0.25) is 5.02 Å². The molecule has 3 aromatic carbocycles. The number of hydrogen-bond donors (Lipinski definition) is 1. The molecule has 1 saturated heterocycles. The fourth-order valence-corrected chi connectivity index (χ4v) is 4.21. The lowest BCUT2D eigenvalue weighted by Crippen LogP contribution is -2.30. The van der Waals surface area contributed by atoms with Crippen LogP contribution in [0.15, 0.2) is 84.7 Å². The Morgan fingerprint density at radius 2 is 1.79 bits per heavy atom. The van der Waals surface area contributed by atoms with Crippen LogP contribution >= 0.6 is 11.6 Å². The van der Waals surface area contributed by atoms with Crippen molar-refractivity contribution in [1.82, 2.24) is 9.88 Å². The summed E-state index contributed by atoms with van der Waals surface area (Å²) in [5, 5.41) is 15.1. The first-order chi connectivity index (χ1) is 16.4. The smallest absolute Gasteiger partial charge is 0.333 e. The van der Waals surface area contributed by atoms with E-state index in [0.29, 0.717) is 17.3 Å². The number of imide groups is 1. The highest BCUT2D eigenvalue weighted by molar-refractivity contribution is 6.32. The second-order valence-electron chi connectivity index (χ2n) is 7.77. The van der Waals surface area contributed by atoms with E-state index in [0.717, 1.165) is 26.9 Å². The number of benzene rings is 3. The number of fused-ring (bicyclic) bond motifs is 1. The van der Waals surface area contributed by atoms with E-state index in [4.69, 9.17) is 11.6 Å². The number of amides is 3. The molecule has 168 valence electrons. The monoisotopic (exact) mass is 472 g/mol. The Labute approximate surface area is 198 Å². The van der Waals surface area contributed by atoms with E-state index in [1.807, 2.05) is 41.1 Å². The zero-order chi connectivity index (χ0) is 23.8. The average Bonchev–Trinajstić information content (AvgIpc) is 3.30.